The van der Waals surface area contributed by atoms with E-state index in [9.17, 15) is 14.7 Å². The molecule has 12 heteroatoms. The number of halogens is 1. The molecule has 1 saturated heterocycles. The number of phenolic OH excluding ortho intramolecular Hbond substituents is 1. The van der Waals surface area contributed by atoms with Gasteiger partial charge in [0.05, 0.1) is 43.6 Å². The molecule has 0 radical (unpaired) electrons. The summed E-state index contributed by atoms with van der Waals surface area (Å²) in [7, 11) is 6.62. The van der Waals surface area contributed by atoms with Crippen LogP contribution in [0, 0.1) is 6.92 Å². The number of nitrogens with one attached hydrogen (secondary N) is 2. The molecule has 0 aliphatic carbocycles. The second kappa shape index (κ2) is 10.6. The molecule has 2 aliphatic rings. The molecule has 0 unspecified atom stereocenters. The first-order valence-corrected chi connectivity index (χ1v) is 14.3. The quantitative estimate of drug-likeness (QED) is 0.287. The van der Waals surface area contributed by atoms with Crippen molar-refractivity contribution in [1.82, 2.24) is 19.8 Å². The monoisotopic (exact) mass is 595 g/mol. The lowest BCUT2D eigenvalue weighted by Crippen LogP contribution is -2.47. The first-order valence-electron chi connectivity index (χ1n) is 13.8. The highest BCUT2D eigenvalue weighted by atomic mass is 35.5. The van der Waals surface area contributed by atoms with Gasteiger partial charge in [0.25, 0.3) is 11.8 Å². The molecule has 0 bridgehead atoms. The van der Waals surface area contributed by atoms with Gasteiger partial charge in [-0.3, -0.25) is 9.59 Å². The molecular formula is C30H34ClN5O6. The van der Waals surface area contributed by atoms with Crippen molar-refractivity contribution in [3.05, 3.63) is 40.7 Å². The SMILES string of the molecule is COc1cc2cc(C(=O)N3C[C@@H](CCl)c4c3cc(O)c3[nH]c(C)c(C(=O)N5CCN(C)CC5)c43)[nH]c2c(OC)c1OC. The number of likely N-dealkylation sites (N-methyl/N-ethyl adjacent to an activating group) is 1. The van der Waals surface area contributed by atoms with E-state index >= 15 is 0 Å². The molecule has 1 atom stereocenters. The lowest BCUT2D eigenvalue weighted by molar-refractivity contribution is 0.0665. The smallest absolute Gasteiger partial charge is 0.274 e. The molecular weight excluding hydrogens is 562 g/mol. The van der Waals surface area contributed by atoms with E-state index < -0.39 is 0 Å². The first-order chi connectivity index (χ1) is 20.2. The summed E-state index contributed by atoms with van der Waals surface area (Å²) in [5.74, 6) is 0.850. The first kappa shape index (κ1) is 28.0. The number of alkyl halides is 1. The number of hydrogen-bond donors (Lipinski definition) is 3. The molecule has 6 rings (SSSR count). The van der Waals surface area contributed by atoms with Crippen LogP contribution in [0.2, 0.25) is 0 Å². The Kier molecular flexibility index (Phi) is 7.10. The van der Waals surface area contributed by atoms with E-state index in [-0.39, 0.29) is 29.4 Å². The number of H-pyrrole nitrogens is 2. The van der Waals surface area contributed by atoms with Crippen LogP contribution in [0.4, 0.5) is 5.69 Å². The molecule has 2 aliphatic heterocycles. The van der Waals surface area contributed by atoms with Crippen molar-refractivity contribution in [2.24, 2.45) is 0 Å². The minimum absolute atomic E-state index is 0.0370. The predicted molar refractivity (Wildman–Crippen MR) is 161 cm³/mol. The molecule has 2 aromatic carbocycles. The fourth-order valence-corrected chi connectivity index (χ4v) is 6.55. The van der Waals surface area contributed by atoms with Gasteiger partial charge in [-0.1, -0.05) is 0 Å². The van der Waals surface area contributed by atoms with Crippen LogP contribution < -0.4 is 19.1 Å². The highest BCUT2D eigenvalue weighted by Gasteiger charge is 2.38. The number of hydrogen-bond acceptors (Lipinski definition) is 7. The Bertz CT molecular complexity index is 1720. The number of fused-ring (bicyclic) bond motifs is 4. The average molecular weight is 596 g/mol. The zero-order valence-corrected chi connectivity index (χ0v) is 25.0. The predicted octanol–water partition coefficient (Wildman–Crippen LogP) is 4.06. The Morgan fingerprint density at radius 3 is 2.33 bits per heavy atom. The number of anilines is 1. The van der Waals surface area contributed by atoms with E-state index in [4.69, 9.17) is 25.8 Å². The van der Waals surface area contributed by atoms with E-state index in [1.54, 1.807) is 23.1 Å². The number of aromatic hydroxyl groups is 1. The zero-order valence-electron chi connectivity index (χ0n) is 24.3. The van der Waals surface area contributed by atoms with Gasteiger partial charge in [-0.2, -0.15) is 0 Å². The number of ether oxygens (including phenoxy) is 3. The lowest BCUT2D eigenvalue weighted by atomic mass is 9.95. The Labute approximate surface area is 247 Å². The van der Waals surface area contributed by atoms with Crippen LogP contribution in [-0.2, 0) is 0 Å². The minimum atomic E-state index is -0.307. The van der Waals surface area contributed by atoms with E-state index in [1.165, 1.54) is 21.3 Å². The third kappa shape index (κ3) is 4.21. The van der Waals surface area contributed by atoms with Crippen molar-refractivity contribution < 1.29 is 28.9 Å². The van der Waals surface area contributed by atoms with Crippen molar-refractivity contribution in [3.63, 3.8) is 0 Å². The number of carbonyl (C=O) groups excluding carboxylic acids is 2. The van der Waals surface area contributed by atoms with E-state index in [1.807, 2.05) is 18.9 Å². The maximum absolute atomic E-state index is 14.1. The number of aryl methyl sites for hydroxylation is 1. The van der Waals surface area contributed by atoms with Gasteiger partial charge < -0.3 is 44.0 Å². The summed E-state index contributed by atoms with van der Waals surface area (Å²) in [6.07, 6.45) is 0. The van der Waals surface area contributed by atoms with Crippen LogP contribution in [0.5, 0.6) is 23.0 Å². The standard InChI is InChI=1S/C30H34ClN5O6/c1-15-22(30(39)35-8-6-34(2)7-9-35)24-23-17(13-31)14-36(19(23)12-20(37)26(24)32-15)29(38)18-10-16-11-21(40-3)27(41-4)28(42-5)25(16)33-18/h10-12,17,32-33,37H,6-9,13-14H2,1-5H3/t17-/m1/s1. The number of aromatic amines is 2. The number of nitrogens with zero attached hydrogens (tertiary/aromatic N) is 3. The van der Waals surface area contributed by atoms with Gasteiger partial charge in [-0.25, -0.2) is 0 Å². The van der Waals surface area contributed by atoms with Gasteiger partial charge in [-0.05, 0) is 31.7 Å². The molecule has 4 heterocycles. The fraction of sp³-hybridized carbons (Fsp3) is 0.400. The number of amides is 2. The number of piperazine rings is 1. The number of benzene rings is 2. The summed E-state index contributed by atoms with van der Waals surface area (Å²) in [4.78, 5) is 40.0. The van der Waals surface area contributed by atoms with E-state index in [0.29, 0.717) is 81.3 Å². The topological polar surface area (TPSA) is 123 Å². The van der Waals surface area contributed by atoms with Crippen LogP contribution in [0.3, 0.4) is 0 Å². The van der Waals surface area contributed by atoms with Gasteiger partial charge in [-0.15, -0.1) is 11.6 Å². The third-order valence-corrected chi connectivity index (χ3v) is 8.82. The van der Waals surface area contributed by atoms with E-state index in [2.05, 4.69) is 14.9 Å². The van der Waals surface area contributed by atoms with Crippen LogP contribution in [0.25, 0.3) is 21.8 Å². The maximum Gasteiger partial charge on any atom is 0.274 e. The zero-order chi connectivity index (χ0) is 29.9. The Hall–Kier alpha value is -4.09. The van der Waals surface area contributed by atoms with Gasteiger partial charge in [0.15, 0.2) is 11.5 Å². The molecule has 4 aromatic rings. The summed E-state index contributed by atoms with van der Waals surface area (Å²) in [6.45, 7) is 4.94. The summed E-state index contributed by atoms with van der Waals surface area (Å²) in [5.41, 5.74) is 3.88. The van der Waals surface area contributed by atoms with Crippen molar-refractivity contribution in [2.75, 3.05) is 71.9 Å². The number of carbonyl (C=O) groups is 2. The summed E-state index contributed by atoms with van der Waals surface area (Å²) < 4.78 is 16.6. The Morgan fingerprint density at radius 2 is 1.69 bits per heavy atom. The van der Waals surface area contributed by atoms with Crippen molar-refractivity contribution in [1.29, 1.82) is 0 Å². The molecule has 2 aromatic heterocycles. The van der Waals surface area contributed by atoms with E-state index in [0.717, 1.165) is 18.7 Å². The van der Waals surface area contributed by atoms with Crippen molar-refractivity contribution >= 4 is 50.9 Å². The van der Waals surface area contributed by atoms with Crippen LogP contribution in [0.15, 0.2) is 18.2 Å². The number of phenols is 1. The second-order valence-corrected chi connectivity index (χ2v) is 11.2. The molecule has 42 heavy (non-hydrogen) atoms. The third-order valence-electron chi connectivity index (χ3n) is 8.45. The van der Waals surface area contributed by atoms with Gasteiger partial charge in [0, 0.05) is 67.1 Å². The molecule has 0 spiro atoms. The number of rotatable bonds is 6. The van der Waals surface area contributed by atoms with Crippen molar-refractivity contribution in [3.8, 4) is 23.0 Å². The van der Waals surface area contributed by atoms with Crippen LogP contribution >= 0.6 is 11.6 Å². The molecule has 11 nitrogen and oxygen atoms in total. The summed E-state index contributed by atoms with van der Waals surface area (Å²) in [5, 5.41) is 12.5. The highest BCUT2D eigenvalue weighted by Crippen LogP contribution is 2.48. The second-order valence-electron chi connectivity index (χ2n) is 10.9. The largest absolute Gasteiger partial charge is 0.506 e. The Balaban J connectivity index is 1.47. The van der Waals surface area contributed by atoms with Crippen molar-refractivity contribution in [2.45, 2.75) is 12.8 Å². The number of methoxy groups -OCH3 is 3. The minimum Gasteiger partial charge on any atom is -0.506 e. The summed E-state index contributed by atoms with van der Waals surface area (Å²) >= 11 is 6.50. The number of aromatic nitrogens is 2. The van der Waals surface area contributed by atoms with Crippen LogP contribution in [-0.4, -0.2) is 104 Å². The normalized spacial score (nSPS) is 17.2. The molecule has 2 amide bonds. The highest BCUT2D eigenvalue weighted by molar-refractivity contribution is 6.20. The molecule has 3 N–H and O–H groups in total. The molecule has 222 valence electrons. The molecule has 0 saturated carbocycles. The van der Waals surface area contributed by atoms with Gasteiger partial charge in [0.2, 0.25) is 5.75 Å². The maximum atomic E-state index is 14.1. The Morgan fingerprint density at radius 1 is 0.976 bits per heavy atom. The van der Waals surface area contributed by atoms with Crippen LogP contribution in [0.1, 0.15) is 38.0 Å². The fourth-order valence-electron chi connectivity index (χ4n) is 6.30. The van der Waals surface area contributed by atoms with Gasteiger partial charge in [0.1, 0.15) is 11.4 Å². The summed E-state index contributed by atoms with van der Waals surface area (Å²) in [6, 6.07) is 5.09. The molecule has 1 fully saturated rings. The lowest BCUT2D eigenvalue weighted by Gasteiger charge is -2.32. The van der Waals surface area contributed by atoms with Gasteiger partial charge >= 0.3 is 0 Å². The average Bonchev–Trinajstić information content (AvgIpc) is 3.68.